The molecule has 0 aromatic heterocycles. The average molecular weight is 353 g/mol. The highest BCUT2D eigenvalue weighted by molar-refractivity contribution is 4.79. The van der Waals surface area contributed by atoms with Gasteiger partial charge < -0.3 is 14.8 Å². The van der Waals surface area contributed by atoms with Crippen LogP contribution in [0, 0.1) is 0 Å². The smallest absolute Gasteiger partial charge is 0.282 e. The Balaban J connectivity index is 0. The molecule has 4 nitrogen and oxygen atoms in total. The molecule has 0 amide bonds. The van der Waals surface area contributed by atoms with Crippen molar-refractivity contribution in [3.8, 4) is 0 Å². The molecule has 0 aliphatic carbocycles. The van der Waals surface area contributed by atoms with Crippen LogP contribution in [0.1, 0.15) is 0 Å². The molecule has 0 rings (SSSR count). The predicted molar refractivity (Wildman–Crippen MR) is 60.5 cm³/mol. The summed E-state index contributed by atoms with van der Waals surface area (Å²) in [6.45, 7) is 18.8. The molecule has 0 radical (unpaired) electrons. The average Bonchev–Trinajstić information content (AvgIpc) is 2.18. The lowest BCUT2D eigenvalue weighted by atomic mass is 10.3. The number of hydrogen-bond donors (Lipinski definition) is 0. The van der Waals surface area contributed by atoms with E-state index in [1.54, 1.807) is 0 Å². The molecular weight excluding hydrogens is 333 g/mol. The minimum Gasteiger partial charge on any atom is -0.427 e. The molecule has 0 saturated heterocycles. The van der Waals surface area contributed by atoms with Crippen LogP contribution in [0.15, 0.2) is 50.6 Å². The van der Waals surface area contributed by atoms with Crippen LogP contribution >= 0.6 is 0 Å². The fourth-order valence-corrected chi connectivity index (χ4v) is 1.54. The van der Waals surface area contributed by atoms with Crippen LogP contribution in [0.25, 0.3) is 0 Å². The van der Waals surface area contributed by atoms with Gasteiger partial charge in [0.05, 0.1) is 26.2 Å². The summed E-state index contributed by atoms with van der Waals surface area (Å²) in [4.78, 5) is 0. The summed E-state index contributed by atoms with van der Waals surface area (Å²) >= 11 is -4.01. The zero-order valence-electron chi connectivity index (χ0n) is 10.0. The van der Waals surface area contributed by atoms with Crippen LogP contribution in [0.3, 0.4) is 0 Å². The molecule has 0 aliphatic rings. The second-order valence-electron chi connectivity index (χ2n) is 3.42. The molecule has 98 valence electrons. The van der Waals surface area contributed by atoms with E-state index in [4.69, 9.17) is 10.3 Å². The molecule has 5 heteroatoms. The highest BCUT2D eigenvalue weighted by Gasteiger charge is 2.20. The van der Waals surface area contributed by atoms with Crippen LogP contribution in [0.4, 0.5) is 0 Å². The Bertz CT molecular complexity index is 194. The number of halogens is 1. The van der Waals surface area contributed by atoms with E-state index in [0.29, 0.717) is 0 Å². The minimum absolute atomic E-state index is 0.903. The van der Waals surface area contributed by atoms with Crippen molar-refractivity contribution < 1.29 is 35.9 Å². The summed E-state index contributed by atoms with van der Waals surface area (Å²) in [7, 11) is 0. The number of quaternary nitrogens is 1. The molecule has 0 fully saturated rings. The van der Waals surface area contributed by atoms with Gasteiger partial charge in [0.2, 0.25) is 0 Å². The molecule has 0 bridgehead atoms. The largest absolute Gasteiger partial charge is 0.427 e. The normalized spacial score (nSPS) is 10.1. The van der Waals surface area contributed by atoms with E-state index in [0.717, 1.165) is 30.7 Å². The molecular formula is C12H20INO3. The van der Waals surface area contributed by atoms with Crippen LogP contribution in [0.5, 0.6) is 0 Å². The fraction of sp³-hybridized carbons (Fsp3) is 0.333. The quantitative estimate of drug-likeness (QED) is 0.254. The number of hydrogen-bond acceptors (Lipinski definition) is 3. The Kier molecular flexibility index (Phi) is 13.3. The maximum absolute atomic E-state index is 8.57. The van der Waals surface area contributed by atoms with E-state index >= 15 is 0 Å². The second-order valence-corrected chi connectivity index (χ2v) is 4.49. The lowest BCUT2D eigenvalue weighted by molar-refractivity contribution is -1.73. The lowest BCUT2D eigenvalue weighted by Crippen LogP contribution is -4.05. The first-order chi connectivity index (χ1) is 7.97. The predicted octanol–water partition coefficient (Wildman–Crippen LogP) is -4.02. The maximum Gasteiger partial charge on any atom is 0.282 e. The monoisotopic (exact) mass is 353 g/mol. The van der Waals surface area contributed by atoms with Gasteiger partial charge in [0.15, 0.2) is 0 Å². The summed E-state index contributed by atoms with van der Waals surface area (Å²) in [5.74, 6) is 0. The Hall–Kier alpha value is -0.470. The molecule has 0 aromatic carbocycles. The Morgan fingerprint density at radius 2 is 0.882 bits per heavy atom. The number of rotatable bonds is 8. The summed E-state index contributed by atoms with van der Waals surface area (Å²) in [5, 5.41) is 0. The molecule has 0 atom stereocenters. The van der Waals surface area contributed by atoms with Crippen LogP contribution in [0.2, 0.25) is 0 Å². The zero-order chi connectivity index (χ0) is 13.7. The standard InChI is InChI=1S/C12H20N.IO3/c1-5-9-13(10-6-2,11-7-3)12-8-4;2-1(3)4/h5-8H,1-4,9-12H2;/q+1;-1. The summed E-state index contributed by atoms with van der Waals surface area (Å²) in [6, 6.07) is 0. The third-order valence-electron chi connectivity index (χ3n) is 2.07. The van der Waals surface area contributed by atoms with Crippen molar-refractivity contribution in [3.05, 3.63) is 50.6 Å². The van der Waals surface area contributed by atoms with Crippen LogP contribution in [-0.4, -0.2) is 30.7 Å². The highest BCUT2D eigenvalue weighted by Crippen LogP contribution is 2.07. The molecule has 0 unspecified atom stereocenters. The van der Waals surface area contributed by atoms with Crippen molar-refractivity contribution in [2.45, 2.75) is 0 Å². The van der Waals surface area contributed by atoms with Crippen molar-refractivity contribution in [1.29, 1.82) is 0 Å². The zero-order valence-corrected chi connectivity index (χ0v) is 12.2. The third kappa shape index (κ3) is 11.8. The first kappa shape index (κ1) is 18.9. The van der Waals surface area contributed by atoms with E-state index in [2.05, 4.69) is 26.3 Å². The molecule has 0 spiro atoms. The molecule has 0 aliphatic heterocycles. The maximum atomic E-state index is 8.57. The molecule has 0 saturated carbocycles. The van der Waals surface area contributed by atoms with Crippen LogP contribution in [-0.2, 0) is 0 Å². The SMILES string of the molecule is C=CC[N+](CC=C)(CC=C)CC=C.[O-][I+2]([O-])[O-]. The van der Waals surface area contributed by atoms with Crippen molar-refractivity contribution in [3.63, 3.8) is 0 Å². The first-order valence-electron chi connectivity index (χ1n) is 4.99. The van der Waals surface area contributed by atoms with Crippen molar-refractivity contribution in [2.75, 3.05) is 26.2 Å². The Morgan fingerprint density at radius 1 is 0.706 bits per heavy atom. The highest BCUT2D eigenvalue weighted by atomic mass is 127. The molecule has 0 aromatic rings. The van der Waals surface area contributed by atoms with Gasteiger partial charge in [-0.3, -0.25) is 0 Å². The van der Waals surface area contributed by atoms with Gasteiger partial charge >= 0.3 is 0 Å². The topological polar surface area (TPSA) is 69.2 Å². The minimum atomic E-state index is -4.01. The van der Waals surface area contributed by atoms with Gasteiger partial charge in [0.25, 0.3) is 21.1 Å². The Labute approximate surface area is 113 Å². The van der Waals surface area contributed by atoms with E-state index in [1.165, 1.54) is 0 Å². The van der Waals surface area contributed by atoms with Crippen molar-refractivity contribution in [1.82, 2.24) is 0 Å². The van der Waals surface area contributed by atoms with E-state index < -0.39 is 21.1 Å². The molecule has 0 N–H and O–H groups in total. The lowest BCUT2D eigenvalue weighted by Gasteiger charge is -2.35. The molecule has 0 heterocycles. The summed E-state index contributed by atoms with van der Waals surface area (Å²) in [5.41, 5.74) is 0. The second kappa shape index (κ2) is 12.0. The van der Waals surface area contributed by atoms with E-state index in [-0.39, 0.29) is 0 Å². The molecule has 17 heavy (non-hydrogen) atoms. The van der Waals surface area contributed by atoms with E-state index in [9.17, 15) is 0 Å². The summed E-state index contributed by atoms with van der Waals surface area (Å²) < 4.78 is 26.6. The van der Waals surface area contributed by atoms with E-state index in [1.807, 2.05) is 24.3 Å². The van der Waals surface area contributed by atoms with Gasteiger partial charge in [-0.2, -0.15) is 0 Å². The first-order valence-corrected chi connectivity index (χ1v) is 7.64. The summed E-state index contributed by atoms with van der Waals surface area (Å²) in [6.07, 6.45) is 7.76. The van der Waals surface area contributed by atoms with Crippen molar-refractivity contribution in [2.24, 2.45) is 0 Å². The van der Waals surface area contributed by atoms with Gasteiger partial charge in [-0.15, -0.1) is 0 Å². The van der Waals surface area contributed by atoms with Gasteiger partial charge in [0.1, 0.15) is 0 Å². The van der Waals surface area contributed by atoms with Crippen LogP contribution < -0.4 is 31.4 Å². The van der Waals surface area contributed by atoms with Gasteiger partial charge in [-0.25, -0.2) is 0 Å². The van der Waals surface area contributed by atoms with Crippen molar-refractivity contribution >= 4 is 0 Å². The number of nitrogens with zero attached hydrogens (tertiary/aromatic N) is 1. The van der Waals surface area contributed by atoms with Gasteiger partial charge in [0, 0.05) is 0 Å². The van der Waals surface area contributed by atoms with Gasteiger partial charge in [-0.05, 0) is 24.3 Å². The third-order valence-corrected chi connectivity index (χ3v) is 2.07. The Morgan fingerprint density at radius 3 is 1.00 bits per heavy atom. The fourth-order valence-electron chi connectivity index (χ4n) is 1.54. The van der Waals surface area contributed by atoms with Gasteiger partial charge in [-0.1, -0.05) is 26.3 Å².